The molecule has 1 aromatic heterocycles. The predicted octanol–water partition coefficient (Wildman–Crippen LogP) is 4.07. The number of amides is 1. The normalized spacial score (nSPS) is 17.0. The van der Waals surface area contributed by atoms with Crippen molar-refractivity contribution in [2.45, 2.75) is 39.5 Å². The van der Waals surface area contributed by atoms with Gasteiger partial charge in [0, 0.05) is 60.8 Å². The largest absolute Gasteiger partial charge is 0.443 e. The number of rotatable bonds is 4. The molecule has 0 spiro atoms. The SMILES string of the molecule is CC(C)(C)OC(=O)n1c(-c2ccc(Cl)c3c2C(=O)NC3)cc2cc(CN3CCN(S(C)(=O)=O)CC3)ccc21. The zero-order valence-electron chi connectivity index (χ0n) is 21.9. The minimum atomic E-state index is -3.19. The van der Waals surface area contributed by atoms with E-state index in [1.165, 1.54) is 15.1 Å². The van der Waals surface area contributed by atoms with E-state index in [4.69, 9.17) is 16.3 Å². The molecule has 0 bridgehead atoms. The molecule has 38 heavy (non-hydrogen) atoms. The van der Waals surface area contributed by atoms with Gasteiger partial charge in [-0.3, -0.25) is 9.69 Å². The number of benzene rings is 2. The Hall–Kier alpha value is -2.92. The Morgan fingerprint density at radius 3 is 2.45 bits per heavy atom. The van der Waals surface area contributed by atoms with Gasteiger partial charge < -0.3 is 10.1 Å². The maximum Gasteiger partial charge on any atom is 0.419 e. The highest BCUT2D eigenvalue weighted by Gasteiger charge is 2.30. The van der Waals surface area contributed by atoms with Crippen molar-refractivity contribution in [3.05, 3.63) is 58.1 Å². The average Bonchev–Trinajstić information content (AvgIpc) is 3.39. The summed E-state index contributed by atoms with van der Waals surface area (Å²) in [6.07, 6.45) is 0.706. The molecule has 0 unspecified atom stereocenters. The Bertz CT molecular complexity index is 1550. The van der Waals surface area contributed by atoms with Gasteiger partial charge in [0.2, 0.25) is 10.0 Å². The Balaban J connectivity index is 1.54. The van der Waals surface area contributed by atoms with Crippen LogP contribution in [0.5, 0.6) is 0 Å². The summed E-state index contributed by atoms with van der Waals surface area (Å²) in [6.45, 7) is 8.63. The monoisotopic (exact) mass is 558 g/mol. The topological polar surface area (TPSA) is 101 Å². The fourth-order valence-corrected chi connectivity index (χ4v) is 6.12. The van der Waals surface area contributed by atoms with Gasteiger partial charge in [-0.15, -0.1) is 0 Å². The van der Waals surface area contributed by atoms with Crippen molar-refractivity contribution in [2.24, 2.45) is 0 Å². The van der Waals surface area contributed by atoms with E-state index in [0.717, 1.165) is 10.9 Å². The van der Waals surface area contributed by atoms with Gasteiger partial charge in [0.05, 0.1) is 23.0 Å². The number of nitrogens with one attached hydrogen (secondary N) is 1. The van der Waals surface area contributed by atoms with Crippen LogP contribution in [0.3, 0.4) is 0 Å². The molecule has 1 amide bonds. The maximum atomic E-state index is 13.4. The van der Waals surface area contributed by atoms with Crippen LogP contribution >= 0.6 is 11.6 Å². The van der Waals surface area contributed by atoms with E-state index in [1.807, 2.05) is 45.0 Å². The van der Waals surface area contributed by atoms with Crippen LogP contribution in [0.4, 0.5) is 4.79 Å². The first-order valence-corrected chi connectivity index (χ1v) is 14.7. The number of nitrogens with zero attached hydrogens (tertiary/aromatic N) is 3. The van der Waals surface area contributed by atoms with E-state index in [2.05, 4.69) is 10.2 Å². The maximum absolute atomic E-state index is 13.4. The molecule has 2 aliphatic rings. The smallest absolute Gasteiger partial charge is 0.419 e. The highest BCUT2D eigenvalue weighted by atomic mass is 35.5. The van der Waals surface area contributed by atoms with Gasteiger partial charge in [-0.1, -0.05) is 23.7 Å². The van der Waals surface area contributed by atoms with Crippen LogP contribution in [0.15, 0.2) is 36.4 Å². The second kappa shape index (κ2) is 9.68. The Morgan fingerprint density at radius 2 is 1.79 bits per heavy atom. The molecule has 5 rings (SSSR count). The van der Waals surface area contributed by atoms with Gasteiger partial charge in [-0.05, 0) is 50.6 Å². The highest BCUT2D eigenvalue weighted by molar-refractivity contribution is 7.88. The van der Waals surface area contributed by atoms with Gasteiger partial charge >= 0.3 is 6.09 Å². The molecular formula is C27H31ClN4O5S. The molecule has 0 aliphatic carbocycles. The van der Waals surface area contributed by atoms with Crippen LogP contribution < -0.4 is 5.32 Å². The second-order valence-corrected chi connectivity index (χ2v) is 13.2. The summed E-state index contributed by atoms with van der Waals surface area (Å²) in [7, 11) is -3.19. The fraction of sp³-hybridized carbons (Fsp3) is 0.407. The predicted molar refractivity (Wildman–Crippen MR) is 147 cm³/mol. The van der Waals surface area contributed by atoms with Crippen molar-refractivity contribution in [1.82, 2.24) is 19.1 Å². The average molecular weight is 559 g/mol. The first-order chi connectivity index (χ1) is 17.8. The fourth-order valence-electron chi connectivity index (χ4n) is 5.07. The lowest BCUT2D eigenvalue weighted by Crippen LogP contribution is -2.47. The van der Waals surface area contributed by atoms with Crippen molar-refractivity contribution < 1.29 is 22.7 Å². The summed E-state index contributed by atoms with van der Waals surface area (Å²) in [4.78, 5) is 28.4. The summed E-state index contributed by atoms with van der Waals surface area (Å²) in [5, 5.41) is 4.16. The van der Waals surface area contributed by atoms with Crippen LogP contribution in [-0.4, -0.2) is 72.2 Å². The number of carbonyl (C=O) groups is 2. The Kier molecular flexibility index (Phi) is 6.79. The molecule has 1 N–H and O–H groups in total. The van der Waals surface area contributed by atoms with Crippen molar-refractivity contribution in [2.75, 3.05) is 32.4 Å². The van der Waals surface area contributed by atoms with Crippen LogP contribution in [0.1, 0.15) is 42.3 Å². The summed E-state index contributed by atoms with van der Waals surface area (Å²) >= 11 is 6.38. The number of ether oxygens (including phenoxy) is 1. The first kappa shape index (κ1) is 26.7. The minimum Gasteiger partial charge on any atom is -0.443 e. The molecule has 11 heteroatoms. The molecule has 9 nitrogen and oxygen atoms in total. The highest BCUT2D eigenvalue weighted by Crippen LogP contribution is 2.37. The number of fused-ring (bicyclic) bond motifs is 2. The van der Waals surface area contributed by atoms with E-state index < -0.39 is 21.7 Å². The number of hydrogen-bond acceptors (Lipinski definition) is 6. The van der Waals surface area contributed by atoms with Crippen LogP contribution in [0.25, 0.3) is 22.2 Å². The van der Waals surface area contributed by atoms with Gasteiger partial charge in [-0.25, -0.2) is 17.8 Å². The quantitative estimate of drug-likeness (QED) is 0.518. The van der Waals surface area contributed by atoms with Crippen molar-refractivity contribution >= 4 is 44.5 Å². The molecule has 0 radical (unpaired) electrons. The van der Waals surface area contributed by atoms with Crippen molar-refractivity contribution in [3.63, 3.8) is 0 Å². The third-order valence-corrected chi connectivity index (χ3v) is 8.49. The number of hydrogen-bond donors (Lipinski definition) is 1. The molecular weight excluding hydrogens is 528 g/mol. The van der Waals surface area contributed by atoms with Crippen LogP contribution in [0, 0.1) is 0 Å². The zero-order chi connectivity index (χ0) is 27.4. The molecule has 0 saturated carbocycles. The third-order valence-electron chi connectivity index (χ3n) is 6.83. The van der Waals surface area contributed by atoms with Crippen molar-refractivity contribution in [1.29, 1.82) is 0 Å². The minimum absolute atomic E-state index is 0.229. The zero-order valence-corrected chi connectivity index (χ0v) is 23.4. The van der Waals surface area contributed by atoms with Gasteiger partial charge in [0.15, 0.2) is 0 Å². The lowest BCUT2D eigenvalue weighted by molar-refractivity contribution is 0.0547. The second-order valence-electron chi connectivity index (χ2n) is 10.8. The lowest BCUT2D eigenvalue weighted by Gasteiger charge is -2.33. The molecule has 2 aliphatic heterocycles. The third kappa shape index (κ3) is 5.18. The molecule has 1 saturated heterocycles. The van der Waals surface area contributed by atoms with Gasteiger partial charge in [0.25, 0.3) is 5.91 Å². The van der Waals surface area contributed by atoms with Gasteiger partial charge in [0.1, 0.15) is 5.60 Å². The molecule has 0 atom stereocenters. The number of carbonyl (C=O) groups excluding carboxylic acids is 2. The van der Waals surface area contributed by atoms with E-state index in [0.29, 0.717) is 72.2 Å². The van der Waals surface area contributed by atoms with Crippen molar-refractivity contribution in [3.8, 4) is 11.3 Å². The van der Waals surface area contributed by atoms with Gasteiger partial charge in [-0.2, -0.15) is 4.31 Å². The standard InChI is InChI=1S/C27H31ClN4O5S/c1-27(2,3)37-26(34)32-22-8-5-17(16-30-9-11-31(12-10-30)38(4,35)36)13-18(22)14-23(32)19-6-7-21(28)20-15-29-25(33)24(19)20/h5-8,13-14H,9-12,15-16H2,1-4H3,(H,29,33). The summed E-state index contributed by atoms with van der Waals surface area (Å²) in [6, 6.07) is 11.3. The summed E-state index contributed by atoms with van der Waals surface area (Å²) in [5.41, 5.74) is 3.34. The lowest BCUT2D eigenvalue weighted by atomic mass is 10.00. The molecule has 2 aromatic carbocycles. The molecule has 1 fully saturated rings. The van der Waals surface area contributed by atoms with Crippen LogP contribution in [0.2, 0.25) is 5.02 Å². The summed E-state index contributed by atoms with van der Waals surface area (Å²) < 4.78 is 32.4. The first-order valence-electron chi connectivity index (χ1n) is 12.5. The van der Waals surface area contributed by atoms with E-state index in [-0.39, 0.29) is 5.91 Å². The Labute approximate surface area is 227 Å². The molecule has 3 aromatic rings. The number of halogens is 1. The Morgan fingerprint density at radius 1 is 1.08 bits per heavy atom. The van der Waals surface area contributed by atoms with E-state index in [1.54, 1.807) is 12.1 Å². The van der Waals surface area contributed by atoms with Crippen LogP contribution in [-0.2, 0) is 27.8 Å². The number of aromatic nitrogens is 1. The van der Waals surface area contributed by atoms with E-state index >= 15 is 0 Å². The molecule has 3 heterocycles. The number of piperazine rings is 1. The molecule has 202 valence electrons. The van der Waals surface area contributed by atoms with E-state index in [9.17, 15) is 18.0 Å². The number of sulfonamides is 1. The summed E-state index contributed by atoms with van der Waals surface area (Å²) in [5.74, 6) is -0.229.